The van der Waals surface area contributed by atoms with Crippen LogP contribution in [0.2, 0.25) is 0 Å². The molecule has 0 spiro atoms. The van der Waals surface area contributed by atoms with Gasteiger partial charge in [-0.2, -0.15) is 8.42 Å². The Balaban J connectivity index is 1.57. The number of hydrogen-bond acceptors (Lipinski definition) is 13. The van der Waals surface area contributed by atoms with E-state index in [-0.39, 0.29) is 30.8 Å². The molecule has 1 saturated heterocycles. The third kappa shape index (κ3) is 7.22. The predicted molar refractivity (Wildman–Crippen MR) is 137 cm³/mol. The number of carbonyl (C=O) groups is 3. The second-order valence-electron chi connectivity index (χ2n) is 10.0. The number of nitrogens with one attached hydrogen (secondary N) is 2. The maximum Gasteiger partial charge on any atom is 0.397 e. The van der Waals surface area contributed by atoms with Crippen molar-refractivity contribution in [2.45, 2.75) is 55.6 Å². The Hall–Kier alpha value is -3.82. The molecule has 19 heteroatoms. The van der Waals surface area contributed by atoms with Crippen molar-refractivity contribution in [2.75, 3.05) is 13.2 Å². The molecule has 18 nitrogen and oxygen atoms in total. The molecule has 1 fully saturated rings. The highest BCUT2D eigenvalue weighted by Crippen LogP contribution is 2.36. The van der Waals surface area contributed by atoms with Crippen LogP contribution in [0.1, 0.15) is 12.0 Å². The molecule has 8 atom stereocenters. The molecule has 43 heavy (non-hydrogen) atoms. The quantitative estimate of drug-likeness (QED) is 0.111. The number of rotatable bonds is 10. The average Bonchev–Trinajstić information content (AvgIpc) is 3.28. The molecule has 0 bridgehead atoms. The number of phenolic OH excluding ortho intramolecular Hbond substituents is 1. The highest BCUT2D eigenvalue weighted by molar-refractivity contribution is 7.80. The number of ether oxygens (including phenoxy) is 2. The second-order valence-corrected chi connectivity index (χ2v) is 11.1. The molecule has 0 radical (unpaired) electrons. The first-order valence-electron chi connectivity index (χ1n) is 12.6. The van der Waals surface area contributed by atoms with Crippen molar-refractivity contribution < 1.29 is 81.7 Å². The zero-order chi connectivity index (χ0) is 31.8. The van der Waals surface area contributed by atoms with Gasteiger partial charge in [0.05, 0.1) is 6.61 Å². The minimum absolute atomic E-state index is 0.0291. The molecule has 0 aliphatic carbocycles. The number of benzene rings is 1. The normalized spacial score (nSPS) is 31.5. The van der Waals surface area contributed by atoms with Gasteiger partial charge in [-0.15, -0.1) is 0 Å². The van der Waals surface area contributed by atoms with Crippen LogP contribution < -0.4 is 15.0 Å². The van der Waals surface area contributed by atoms with Gasteiger partial charge in [0.15, 0.2) is 17.5 Å². The van der Waals surface area contributed by atoms with Crippen LogP contribution in [0.3, 0.4) is 0 Å². The monoisotopic (exact) mass is 633 g/mol. The lowest BCUT2D eigenvalue weighted by Crippen LogP contribution is -3.11. The Morgan fingerprint density at radius 3 is 2.35 bits per heavy atom. The minimum Gasteiger partial charge on any atom is -0.504 e. The van der Waals surface area contributed by atoms with Crippen LogP contribution in [0, 0.1) is 0 Å². The van der Waals surface area contributed by atoms with Gasteiger partial charge in [-0.05, 0) is 23.8 Å². The lowest BCUT2D eigenvalue weighted by molar-refractivity contribution is -0.838. The summed E-state index contributed by atoms with van der Waals surface area (Å²) >= 11 is 0. The summed E-state index contributed by atoms with van der Waals surface area (Å²) in [6.07, 6.45) is -6.41. The molecule has 3 aliphatic heterocycles. The number of aliphatic hydroxyl groups is 3. The molecule has 4 rings (SSSR count). The lowest BCUT2D eigenvalue weighted by atomic mass is 9.99. The van der Waals surface area contributed by atoms with Crippen molar-refractivity contribution in [3.63, 3.8) is 0 Å². The Morgan fingerprint density at radius 2 is 1.74 bits per heavy atom. The fourth-order valence-electron chi connectivity index (χ4n) is 5.04. The summed E-state index contributed by atoms with van der Waals surface area (Å²) in [4.78, 5) is 35.3. The lowest BCUT2D eigenvalue weighted by Gasteiger charge is -2.39. The molecule has 0 aromatic heterocycles. The van der Waals surface area contributed by atoms with Gasteiger partial charge in [-0.3, -0.25) is 9.45 Å². The third-order valence-corrected chi connectivity index (χ3v) is 7.61. The number of fused-ring (bicyclic) bond motifs is 1. The van der Waals surface area contributed by atoms with E-state index in [1.54, 1.807) is 0 Å². The van der Waals surface area contributed by atoms with Crippen molar-refractivity contribution in [1.82, 2.24) is 5.32 Å². The van der Waals surface area contributed by atoms with E-state index in [9.17, 15) is 58.5 Å². The van der Waals surface area contributed by atoms with Crippen molar-refractivity contribution in [3.8, 4) is 11.5 Å². The van der Waals surface area contributed by atoms with Crippen molar-refractivity contribution >= 4 is 34.0 Å². The number of phenols is 1. The van der Waals surface area contributed by atoms with Gasteiger partial charge in [-0.1, -0.05) is 0 Å². The van der Waals surface area contributed by atoms with E-state index in [4.69, 9.17) is 14.0 Å². The fraction of sp³-hybridized carbons (Fsp3) is 0.458. The number of quaternary nitrogens is 1. The summed E-state index contributed by atoms with van der Waals surface area (Å²) in [6.45, 7) is -0.987. The zero-order valence-corrected chi connectivity index (χ0v) is 22.7. The summed E-state index contributed by atoms with van der Waals surface area (Å²) in [5, 5.41) is 72.2. The van der Waals surface area contributed by atoms with Crippen LogP contribution in [-0.2, 0) is 40.1 Å². The van der Waals surface area contributed by atoms with Crippen LogP contribution in [0.4, 0.5) is 5.69 Å². The van der Waals surface area contributed by atoms with E-state index >= 15 is 0 Å². The maximum atomic E-state index is 12.1. The first kappa shape index (κ1) is 32.1. The topological polar surface area (TPSA) is 291 Å². The molecular formula is C24H29N2O16S+. The van der Waals surface area contributed by atoms with E-state index in [0.29, 0.717) is 21.7 Å². The first-order valence-corrected chi connectivity index (χ1v) is 14.0. The largest absolute Gasteiger partial charge is 0.504 e. The molecule has 3 aliphatic rings. The van der Waals surface area contributed by atoms with Crippen molar-refractivity contribution in [2.24, 2.45) is 0 Å². The Labute approximate surface area is 242 Å². The van der Waals surface area contributed by atoms with Gasteiger partial charge in [0.25, 0.3) is 0 Å². The van der Waals surface area contributed by atoms with Crippen molar-refractivity contribution in [1.29, 1.82) is 0 Å². The number of aromatic hydroxyl groups is 1. The highest BCUT2D eigenvalue weighted by atomic mass is 32.3. The van der Waals surface area contributed by atoms with Crippen LogP contribution in [0.5, 0.6) is 11.5 Å². The SMILES string of the molecule is O=C(O)C1=CC(=CC[NH+]2c3cc(O)c(OC4OC(COS(=O)(=O)O)C(O)C(O)C4O)cc3CC2C(=O)O)CC(C(=O)O)N1. The summed E-state index contributed by atoms with van der Waals surface area (Å²) in [6, 6.07) is 0.183. The van der Waals surface area contributed by atoms with Gasteiger partial charge in [0.2, 0.25) is 6.29 Å². The van der Waals surface area contributed by atoms with Gasteiger partial charge in [-0.25, -0.2) is 18.6 Å². The van der Waals surface area contributed by atoms with Crippen LogP contribution >= 0.6 is 0 Å². The van der Waals surface area contributed by atoms with Crippen LogP contribution in [-0.4, -0.2) is 123 Å². The van der Waals surface area contributed by atoms with E-state index in [1.165, 1.54) is 24.3 Å². The Bertz CT molecular complexity index is 1460. The van der Waals surface area contributed by atoms with Gasteiger partial charge < -0.3 is 50.5 Å². The van der Waals surface area contributed by atoms with Crippen molar-refractivity contribution in [3.05, 3.63) is 41.1 Å². The Morgan fingerprint density at radius 1 is 1.05 bits per heavy atom. The number of allylic oxidation sites excluding steroid dienone is 1. The second kappa shape index (κ2) is 12.4. The number of carboxylic acids is 3. The molecule has 0 saturated carbocycles. The third-order valence-electron chi connectivity index (χ3n) is 7.18. The number of hydrogen-bond donors (Lipinski definition) is 10. The highest BCUT2D eigenvalue weighted by Gasteiger charge is 2.46. The predicted octanol–water partition coefficient (Wildman–Crippen LogP) is -3.73. The first-order chi connectivity index (χ1) is 20.1. The zero-order valence-electron chi connectivity index (χ0n) is 21.9. The van der Waals surface area contributed by atoms with E-state index in [2.05, 4.69) is 9.50 Å². The molecule has 0 amide bonds. The van der Waals surface area contributed by atoms with E-state index < -0.39 is 83.5 Å². The molecular weight excluding hydrogens is 604 g/mol. The van der Waals surface area contributed by atoms with E-state index in [1.807, 2.05) is 0 Å². The molecule has 1 aromatic carbocycles. The summed E-state index contributed by atoms with van der Waals surface area (Å²) in [5.74, 6) is -4.71. The smallest absolute Gasteiger partial charge is 0.397 e. The van der Waals surface area contributed by atoms with Gasteiger partial charge in [0.1, 0.15) is 48.4 Å². The fourth-order valence-corrected chi connectivity index (χ4v) is 5.34. The van der Waals surface area contributed by atoms with E-state index in [0.717, 1.165) is 0 Å². The Kier molecular flexibility index (Phi) is 9.27. The van der Waals surface area contributed by atoms with Gasteiger partial charge >= 0.3 is 28.3 Å². The molecule has 3 heterocycles. The minimum atomic E-state index is -4.94. The molecule has 8 unspecified atom stereocenters. The van der Waals surface area contributed by atoms with Gasteiger partial charge in [0, 0.05) is 24.5 Å². The van der Waals surface area contributed by atoms with Crippen LogP contribution in [0.25, 0.3) is 0 Å². The maximum absolute atomic E-state index is 12.1. The molecule has 1 aromatic rings. The molecule has 10 N–H and O–H groups in total. The summed E-state index contributed by atoms with van der Waals surface area (Å²) < 4.78 is 45.5. The summed E-state index contributed by atoms with van der Waals surface area (Å²) in [5.41, 5.74) is 0.725. The average molecular weight is 634 g/mol. The number of carboxylic acid groups (broad SMARTS) is 3. The summed E-state index contributed by atoms with van der Waals surface area (Å²) in [7, 11) is -4.94. The molecule has 236 valence electrons. The van der Waals surface area contributed by atoms with Crippen LogP contribution in [0.15, 0.2) is 35.6 Å². The number of aliphatic hydroxyl groups excluding tert-OH is 3. The standard InChI is InChI=1S/C24H28N2O16S/c27-15-7-13-10(6-16(15)41-24-20(30)19(29)18(28)17(42-24)8-40-43(37,38)39)5-14(23(35)36)26(13)2-1-9-3-11(21(31)32)25-12(4-9)22(33)34/h1,3,6-7,12,14,17-20,24-25,27-30H,2,4-5,8H2,(H,31,32)(H,33,34)(H,35,36)(H,37,38,39)/p+1. The number of aliphatic carboxylic acids is 3.